The van der Waals surface area contributed by atoms with Gasteiger partial charge in [-0.3, -0.25) is 9.59 Å². The van der Waals surface area contributed by atoms with Crippen molar-refractivity contribution in [2.45, 2.75) is 31.6 Å². The van der Waals surface area contributed by atoms with Gasteiger partial charge in [0, 0.05) is 24.5 Å². The number of thiophene rings is 1. The number of amides is 1. The highest BCUT2D eigenvalue weighted by Gasteiger charge is 2.31. The molecule has 0 saturated carbocycles. The van der Waals surface area contributed by atoms with Crippen LogP contribution in [0.25, 0.3) is 10.2 Å². The number of aromatic nitrogens is 3. The third-order valence-electron chi connectivity index (χ3n) is 6.03. The second-order valence-electron chi connectivity index (χ2n) is 8.49. The molecule has 0 fully saturated rings. The average Bonchev–Trinajstić information content (AvgIpc) is 3.34. The number of halogens is 4. The Balaban J connectivity index is 1.40. The van der Waals surface area contributed by atoms with E-state index in [1.165, 1.54) is 23.5 Å². The van der Waals surface area contributed by atoms with E-state index in [-0.39, 0.29) is 25.0 Å². The molecule has 0 radical (unpaired) electrons. The Bertz CT molecular complexity index is 1520. The first-order valence-electron chi connectivity index (χ1n) is 11.7. The number of hydrogen-bond donors (Lipinski definition) is 1. The van der Waals surface area contributed by atoms with Gasteiger partial charge < -0.3 is 15.1 Å². The molecule has 38 heavy (non-hydrogen) atoms. The second kappa shape index (κ2) is 10.3. The van der Waals surface area contributed by atoms with Gasteiger partial charge in [-0.05, 0) is 36.8 Å². The van der Waals surface area contributed by atoms with Crippen LogP contribution in [-0.4, -0.2) is 38.7 Å². The predicted octanol–water partition coefficient (Wildman–Crippen LogP) is 4.87. The summed E-state index contributed by atoms with van der Waals surface area (Å²) in [6.07, 6.45) is -2.47. The molecule has 1 aliphatic rings. The molecule has 1 atom stereocenters. The topological polar surface area (TPSA) is 89.4 Å². The van der Waals surface area contributed by atoms with E-state index in [0.29, 0.717) is 34.7 Å². The van der Waals surface area contributed by atoms with Crippen LogP contribution in [0, 0.1) is 0 Å². The van der Waals surface area contributed by atoms with Crippen molar-refractivity contribution < 1.29 is 22.8 Å². The number of alkyl halides is 4. The van der Waals surface area contributed by atoms with E-state index >= 15 is 0 Å². The summed E-state index contributed by atoms with van der Waals surface area (Å²) in [6.45, 7) is 2.23. The molecule has 4 aromatic rings. The molecular formula is C25H21ClF3N5O3S. The average molecular weight is 564 g/mol. The van der Waals surface area contributed by atoms with E-state index in [1.807, 2.05) is 6.07 Å². The van der Waals surface area contributed by atoms with E-state index in [0.717, 1.165) is 27.1 Å². The van der Waals surface area contributed by atoms with Crippen molar-refractivity contribution in [3.63, 3.8) is 0 Å². The Morgan fingerprint density at radius 3 is 2.71 bits per heavy atom. The van der Waals surface area contributed by atoms with Crippen LogP contribution in [0.5, 0.6) is 0 Å². The normalized spacial score (nSPS) is 14.3. The zero-order valence-corrected chi connectivity index (χ0v) is 21.5. The summed E-state index contributed by atoms with van der Waals surface area (Å²) in [5.41, 5.74) is -1.11. The van der Waals surface area contributed by atoms with Crippen molar-refractivity contribution in [2.75, 3.05) is 18.5 Å². The Morgan fingerprint density at radius 2 is 2.03 bits per heavy atom. The lowest BCUT2D eigenvalue weighted by molar-refractivity contribution is -0.137. The Labute approximate surface area is 223 Å². The molecule has 0 bridgehead atoms. The van der Waals surface area contributed by atoms with Crippen LogP contribution in [0.4, 0.5) is 19.1 Å². The molecule has 8 nitrogen and oxygen atoms in total. The van der Waals surface area contributed by atoms with Crippen molar-refractivity contribution in [3.8, 4) is 0 Å². The van der Waals surface area contributed by atoms with Gasteiger partial charge in [0.05, 0.1) is 28.2 Å². The Morgan fingerprint density at radius 1 is 1.26 bits per heavy atom. The van der Waals surface area contributed by atoms with Gasteiger partial charge in [0.2, 0.25) is 5.95 Å². The third kappa shape index (κ3) is 5.05. The van der Waals surface area contributed by atoms with Gasteiger partial charge in [0.1, 0.15) is 16.9 Å². The van der Waals surface area contributed by atoms with Crippen molar-refractivity contribution in [2.24, 2.45) is 0 Å². The van der Waals surface area contributed by atoms with E-state index in [4.69, 9.17) is 16.4 Å². The van der Waals surface area contributed by atoms with Crippen LogP contribution >= 0.6 is 22.9 Å². The molecule has 198 valence electrons. The van der Waals surface area contributed by atoms with E-state index in [9.17, 15) is 22.8 Å². The minimum atomic E-state index is -4.47. The first-order chi connectivity index (χ1) is 18.2. The zero-order valence-electron chi connectivity index (χ0n) is 20.0. The van der Waals surface area contributed by atoms with Gasteiger partial charge in [0.25, 0.3) is 11.5 Å². The number of pyridine rings is 1. The van der Waals surface area contributed by atoms with Gasteiger partial charge in [-0.15, -0.1) is 16.1 Å². The molecule has 1 N–H and O–H groups in total. The highest BCUT2D eigenvalue weighted by atomic mass is 35.5. The number of nitrogens with zero attached hydrogens (tertiary/aromatic N) is 4. The van der Waals surface area contributed by atoms with Crippen molar-refractivity contribution in [3.05, 3.63) is 86.3 Å². The van der Waals surface area contributed by atoms with Gasteiger partial charge in [-0.25, -0.2) is 9.97 Å². The van der Waals surface area contributed by atoms with Crippen LogP contribution in [0.2, 0.25) is 0 Å². The summed E-state index contributed by atoms with van der Waals surface area (Å²) in [5.74, 6) is -0.183. The summed E-state index contributed by atoms with van der Waals surface area (Å²) in [6, 6.07) is 9.84. The fourth-order valence-corrected chi connectivity index (χ4v) is 5.36. The summed E-state index contributed by atoms with van der Waals surface area (Å²) >= 11 is 7.71. The molecule has 1 unspecified atom stereocenters. The number of nitrogens with one attached hydrogen (secondary N) is 1. The summed E-state index contributed by atoms with van der Waals surface area (Å²) in [7, 11) is 0. The highest BCUT2D eigenvalue weighted by Crippen LogP contribution is 2.31. The number of hydrogen-bond acceptors (Lipinski definition) is 7. The molecule has 4 heterocycles. The molecule has 13 heteroatoms. The third-order valence-corrected chi connectivity index (χ3v) is 7.44. The monoisotopic (exact) mass is 563 g/mol. The number of carbonyl (C=O) groups excluding carboxylic acids is 1. The van der Waals surface area contributed by atoms with Crippen LogP contribution in [-0.2, 0) is 19.1 Å². The lowest BCUT2D eigenvalue weighted by Crippen LogP contribution is -2.42. The molecule has 0 aliphatic carbocycles. The molecule has 0 saturated heterocycles. The first kappa shape index (κ1) is 26.0. The molecule has 3 aromatic heterocycles. The standard InChI is InChI=1S/C25H21ClF3N5O3S/c1-2-37-34-22(35)17-13-33(23(36)19-12-15-4-3-10-30-21(15)38-19)11-9-18(17)31-24(34)32-20(26)14-5-7-16(8-6-14)25(27,28)29/h3-8,10,12,20H,2,9,11,13H2,1H3,(H,31,32). The van der Waals surface area contributed by atoms with E-state index in [2.05, 4.69) is 15.3 Å². The minimum Gasteiger partial charge on any atom is -0.408 e. The SMILES string of the molecule is CCOn1c(NC(Cl)c2ccc(C(F)(F)F)cc2)nc2c(c1=O)CN(C(=O)c1cc3cccnc3s1)CC2. The van der Waals surface area contributed by atoms with Crippen LogP contribution in [0.3, 0.4) is 0 Å². The number of fused-ring (bicyclic) bond motifs is 2. The Hall–Kier alpha value is -3.64. The van der Waals surface area contributed by atoms with Crippen LogP contribution in [0.1, 0.15) is 44.5 Å². The summed E-state index contributed by atoms with van der Waals surface area (Å²) < 4.78 is 39.6. The lowest BCUT2D eigenvalue weighted by atomic mass is 10.1. The molecule has 1 amide bonds. The number of anilines is 1. The van der Waals surface area contributed by atoms with Crippen molar-refractivity contribution in [1.82, 2.24) is 19.6 Å². The highest BCUT2D eigenvalue weighted by molar-refractivity contribution is 7.20. The van der Waals surface area contributed by atoms with E-state index in [1.54, 1.807) is 30.2 Å². The number of rotatable bonds is 6. The number of carbonyl (C=O) groups is 1. The second-order valence-corrected chi connectivity index (χ2v) is 9.96. The fraction of sp³-hybridized carbons (Fsp3) is 0.280. The predicted molar refractivity (Wildman–Crippen MR) is 137 cm³/mol. The van der Waals surface area contributed by atoms with Gasteiger partial charge in [-0.2, -0.15) is 13.2 Å². The van der Waals surface area contributed by atoms with Gasteiger partial charge in [0.15, 0.2) is 0 Å². The lowest BCUT2D eigenvalue weighted by Gasteiger charge is -2.28. The number of benzene rings is 1. The molecular weight excluding hydrogens is 543 g/mol. The Kier molecular flexibility index (Phi) is 7.01. The quantitative estimate of drug-likeness (QED) is 0.266. The van der Waals surface area contributed by atoms with E-state index < -0.39 is 22.8 Å². The minimum absolute atomic E-state index is 0.0193. The van der Waals surface area contributed by atoms with Crippen LogP contribution in [0.15, 0.2) is 53.5 Å². The van der Waals surface area contributed by atoms with Crippen molar-refractivity contribution in [1.29, 1.82) is 0 Å². The fourth-order valence-electron chi connectivity index (χ4n) is 4.14. The molecule has 1 aromatic carbocycles. The van der Waals surface area contributed by atoms with Crippen LogP contribution < -0.4 is 15.7 Å². The maximum atomic E-state index is 13.4. The first-order valence-corrected chi connectivity index (χ1v) is 12.9. The molecule has 0 spiro atoms. The summed E-state index contributed by atoms with van der Waals surface area (Å²) in [5, 5.41) is 3.73. The smallest absolute Gasteiger partial charge is 0.408 e. The molecule has 5 rings (SSSR count). The zero-order chi connectivity index (χ0) is 27.0. The largest absolute Gasteiger partial charge is 0.416 e. The molecule has 1 aliphatic heterocycles. The summed E-state index contributed by atoms with van der Waals surface area (Å²) in [4.78, 5) is 43.8. The maximum absolute atomic E-state index is 13.4. The maximum Gasteiger partial charge on any atom is 0.416 e. The van der Waals surface area contributed by atoms with Gasteiger partial charge >= 0.3 is 6.18 Å². The van der Waals surface area contributed by atoms with Crippen molar-refractivity contribution >= 4 is 45.0 Å². The van der Waals surface area contributed by atoms with Gasteiger partial charge in [-0.1, -0.05) is 29.8 Å².